The molecule has 1 aliphatic rings. The van der Waals surface area contributed by atoms with Crippen molar-refractivity contribution >= 4 is 17.4 Å². The monoisotopic (exact) mass is 287 g/mol. The lowest BCUT2D eigenvalue weighted by Crippen LogP contribution is -2.25. The van der Waals surface area contributed by atoms with Gasteiger partial charge in [-0.25, -0.2) is 0 Å². The molecule has 104 valence electrons. The summed E-state index contributed by atoms with van der Waals surface area (Å²) in [4.78, 5) is 3.42. The summed E-state index contributed by atoms with van der Waals surface area (Å²) in [7, 11) is 0. The average molecular weight is 287 g/mol. The van der Waals surface area contributed by atoms with Crippen molar-refractivity contribution in [2.45, 2.75) is 25.3 Å². The van der Waals surface area contributed by atoms with Gasteiger partial charge < -0.3 is 15.1 Å². The van der Waals surface area contributed by atoms with Crippen molar-refractivity contribution in [2.24, 2.45) is 0 Å². The van der Waals surface area contributed by atoms with Crippen LogP contribution in [0.4, 0.5) is 5.69 Å². The Bertz CT molecular complexity index is 670. The maximum Gasteiger partial charge on any atom is 0.120 e. The van der Waals surface area contributed by atoms with E-state index in [1.54, 1.807) is 17.8 Å². The Kier molecular flexibility index (Phi) is 3.26. The van der Waals surface area contributed by atoms with E-state index in [0.29, 0.717) is 11.5 Å². The van der Waals surface area contributed by atoms with Gasteiger partial charge in [-0.3, -0.25) is 0 Å². The third kappa shape index (κ3) is 2.31. The molecule has 1 aliphatic heterocycles. The number of aromatic hydroxyl groups is 2. The Labute approximate surface area is 122 Å². The second-order valence-electron chi connectivity index (χ2n) is 5.19. The zero-order chi connectivity index (χ0) is 14.3. The van der Waals surface area contributed by atoms with Crippen molar-refractivity contribution in [1.29, 1.82) is 0 Å². The first-order valence-corrected chi connectivity index (χ1v) is 7.53. The van der Waals surface area contributed by atoms with Gasteiger partial charge in [0, 0.05) is 23.2 Å². The summed E-state index contributed by atoms with van der Waals surface area (Å²) >= 11 is 1.76. The second kappa shape index (κ2) is 4.94. The molecule has 0 unspecified atom stereocenters. The average Bonchev–Trinajstić information content (AvgIpc) is 2.43. The third-order valence-electron chi connectivity index (χ3n) is 3.67. The van der Waals surface area contributed by atoms with Crippen molar-refractivity contribution in [1.82, 2.24) is 0 Å². The van der Waals surface area contributed by atoms with Crippen LogP contribution in [0.2, 0.25) is 0 Å². The molecule has 2 aromatic carbocycles. The zero-order valence-corrected chi connectivity index (χ0v) is 12.4. The van der Waals surface area contributed by atoms with Crippen LogP contribution in [0.25, 0.3) is 0 Å². The standard InChI is InChI=1S/C16H17NO2S/c1-10-3-4-13(7-15(10)19)17-8-12-6-14(18)11(2)5-16(12)20-9-17/h3-7,18-19H,8-9H2,1-2H3. The molecule has 4 heteroatoms. The summed E-state index contributed by atoms with van der Waals surface area (Å²) in [5, 5.41) is 19.7. The van der Waals surface area contributed by atoms with Crippen molar-refractivity contribution in [3.8, 4) is 11.5 Å². The van der Waals surface area contributed by atoms with Gasteiger partial charge >= 0.3 is 0 Å². The van der Waals surface area contributed by atoms with Crippen LogP contribution in [0.3, 0.4) is 0 Å². The smallest absolute Gasteiger partial charge is 0.120 e. The van der Waals surface area contributed by atoms with Crippen LogP contribution in [-0.4, -0.2) is 16.1 Å². The predicted octanol–water partition coefficient (Wildman–Crippen LogP) is 3.78. The Morgan fingerprint density at radius 3 is 2.50 bits per heavy atom. The van der Waals surface area contributed by atoms with Crippen LogP contribution in [0.15, 0.2) is 35.2 Å². The van der Waals surface area contributed by atoms with Gasteiger partial charge in [-0.05, 0) is 48.7 Å². The quantitative estimate of drug-likeness (QED) is 0.837. The van der Waals surface area contributed by atoms with E-state index in [0.717, 1.165) is 34.8 Å². The number of phenols is 2. The first-order valence-electron chi connectivity index (χ1n) is 6.54. The number of nitrogens with zero attached hydrogens (tertiary/aromatic N) is 1. The van der Waals surface area contributed by atoms with E-state index in [4.69, 9.17) is 0 Å². The maximum absolute atomic E-state index is 9.84. The topological polar surface area (TPSA) is 43.7 Å². The van der Waals surface area contributed by atoms with E-state index >= 15 is 0 Å². The molecule has 3 rings (SSSR count). The highest BCUT2D eigenvalue weighted by Gasteiger charge is 2.19. The summed E-state index contributed by atoms with van der Waals surface area (Å²) in [5.41, 5.74) is 3.93. The lowest BCUT2D eigenvalue weighted by Gasteiger charge is -2.30. The van der Waals surface area contributed by atoms with E-state index in [-0.39, 0.29) is 0 Å². The Hall–Kier alpha value is -1.81. The lowest BCUT2D eigenvalue weighted by atomic mass is 10.1. The van der Waals surface area contributed by atoms with Gasteiger partial charge in [0.05, 0.1) is 5.88 Å². The van der Waals surface area contributed by atoms with Gasteiger partial charge in [-0.1, -0.05) is 6.07 Å². The van der Waals surface area contributed by atoms with E-state index in [9.17, 15) is 10.2 Å². The number of anilines is 1. The number of thioether (sulfide) groups is 1. The van der Waals surface area contributed by atoms with Crippen LogP contribution >= 0.6 is 11.8 Å². The summed E-state index contributed by atoms with van der Waals surface area (Å²) < 4.78 is 0. The summed E-state index contributed by atoms with van der Waals surface area (Å²) in [5.74, 6) is 1.52. The second-order valence-corrected chi connectivity index (χ2v) is 6.18. The van der Waals surface area contributed by atoms with Gasteiger partial charge in [-0.2, -0.15) is 0 Å². The first-order chi connectivity index (χ1) is 9.54. The summed E-state index contributed by atoms with van der Waals surface area (Å²) in [6.45, 7) is 4.55. The summed E-state index contributed by atoms with van der Waals surface area (Å²) in [6.07, 6.45) is 0. The van der Waals surface area contributed by atoms with Gasteiger partial charge in [0.25, 0.3) is 0 Å². The molecule has 0 saturated carbocycles. The fourth-order valence-corrected chi connectivity index (χ4v) is 3.43. The number of hydrogen-bond donors (Lipinski definition) is 2. The van der Waals surface area contributed by atoms with Crippen molar-refractivity contribution < 1.29 is 10.2 Å². The van der Waals surface area contributed by atoms with Gasteiger partial charge in [0.2, 0.25) is 0 Å². The number of rotatable bonds is 1. The molecule has 0 atom stereocenters. The fourth-order valence-electron chi connectivity index (χ4n) is 2.33. The largest absolute Gasteiger partial charge is 0.508 e. The predicted molar refractivity (Wildman–Crippen MR) is 82.6 cm³/mol. The molecule has 0 amide bonds. The highest BCUT2D eigenvalue weighted by Crippen LogP contribution is 2.37. The molecule has 1 heterocycles. The highest BCUT2D eigenvalue weighted by atomic mass is 32.2. The molecular formula is C16H17NO2S. The number of aryl methyl sites for hydroxylation is 2. The van der Waals surface area contributed by atoms with E-state index in [1.165, 1.54) is 4.90 Å². The number of hydrogen-bond acceptors (Lipinski definition) is 4. The number of phenolic OH excluding ortho intramolecular Hbond substituents is 2. The third-order valence-corrected chi connectivity index (χ3v) is 4.81. The van der Waals surface area contributed by atoms with Crippen LogP contribution < -0.4 is 4.90 Å². The van der Waals surface area contributed by atoms with Crippen LogP contribution in [-0.2, 0) is 6.54 Å². The molecule has 0 radical (unpaired) electrons. The fraction of sp³-hybridized carbons (Fsp3) is 0.250. The molecular weight excluding hydrogens is 270 g/mol. The molecule has 3 nitrogen and oxygen atoms in total. The number of benzene rings is 2. The molecule has 0 aromatic heterocycles. The Morgan fingerprint density at radius 2 is 1.75 bits per heavy atom. The summed E-state index contributed by atoms with van der Waals surface area (Å²) in [6, 6.07) is 9.64. The van der Waals surface area contributed by atoms with Crippen LogP contribution in [0.1, 0.15) is 16.7 Å². The minimum Gasteiger partial charge on any atom is -0.508 e. The zero-order valence-electron chi connectivity index (χ0n) is 11.6. The van der Waals surface area contributed by atoms with Crippen molar-refractivity contribution in [3.63, 3.8) is 0 Å². The minimum atomic E-state index is 0.324. The van der Waals surface area contributed by atoms with Crippen LogP contribution in [0, 0.1) is 13.8 Å². The molecule has 20 heavy (non-hydrogen) atoms. The van der Waals surface area contributed by atoms with Crippen molar-refractivity contribution in [2.75, 3.05) is 10.8 Å². The SMILES string of the molecule is Cc1ccc(N2CSc3cc(C)c(O)cc3C2)cc1O. The van der Waals surface area contributed by atoms with Gasteiger partial charge in [-0.15, -0.1) is 11.8 Å². The van der Waals surface area contributed by atoms with Gasteiger partial charge in [0.1, 0.15) is 11.5 Å². The maximum atomic E-state index is 9.84. The Balaban J connectivity index is 1.91. The van der Waals surface area contributed by atoms with Crippen LogP contribution in [0.5, 0.6) is 11.5 Å². The molecule has 0 spiro atoms. The Morgan fingerprint density at radius 1 is 1.00 bits per heavy atom. The molecule has 0 aliphatic carbocycles. The first kappa shape index (κ1) is 13.2. The van der Waals surface area contributed by atoms with E-state index < -0.39 is 0 Å². The molecule has 0 fully saturated rings. The van der Waals surface area contributed by atoms with E-state index in [2.05, 4.69) is 4.90 Å². The normalized spacial score (nSPS) is 14.2. The van der Waals surface area contributed by atoms with Crippen molar-refractivity contribution in [3.05, 3.63) is 47.0 Å². The molecule has 2 aromatic rings. The molecule has 0 bridgehead atoms. The lowest BCUT2D eigenvalue weighted by molar-refractivity contribution is 0.468. The molecule has 0 saturated heterocycles. The molecule has 2 N–H and O–H groups in total. The van der Waals surface area contributed by atoms with Gasteiger partial charge in [0.15, 0.2) is 0 Å². The minimum absolute atomic E-state index is 0.324. The highest BCUT2D eigenvalue weighted by molar-refractivity contribution is 7.99. The van der Waals surface area contributed by atoms with E-state index in [1.807, 2.05) is 38.1 Å². The number of fused-ring (bicyclic) bond motifs is 1.